The number of aliphatic hydroxyl groups excluding tert-OH is 1. The minimum atomic E-state index is -2.02. The molecular weight excluding hydrogens is 398 g/mol. The fourth-order valence-electron chi connectivity index (χ4n) is 2.17. The molecule has 130 valence electrons. The van der Waals surface area contributed by atoms with Crippen molar-refractivity contribution in [2.45, 2.75) is 12.8 Å². The van der Waals surface area contributed by atoms with Crippen molar-refractivity contribution in [1.82, 2.24) is 14.7 Å². The number of ether oxygens (including phenoxy) is 1. The number of hydrogen-bond donors (Lipinski definition) is 3. The van der Waals surface area contributed by atoms with Gasteiger partial charge in [-0.2, -0.15) is 0 Å². The average molecular weight is 416 g/mol. The molecule has 3 N–H and O–H groups in total. The first-order valence-electron chi connectivity index (χ1n) is 7.29. The summed E-state index contributed by atoms with van der Waals surface area (Å²) in [4.78, 5) is 8.50. The number of aryl methyl sites for hydroxylation is 1. The van der Waals surface area contributed by atoms with Crippen LogP contribution in [0.15, 0.2) is 35.1 Å². The van der Waals surface area contributed by atoms with Crippen LogP contribution in [-0.4, -0.2) is 43.6 Å². The highest BCUT2D eigenvalue weighted by atomic mass is 79.9. The molecule has 2 rings (SSSR count). The first-order chi connectivity index (χ1) is 11.6. The fourth-order valence-corrected chi connectivity index (χ4v) is 2.75. The molecule has 0 fully saturated rings. The van der Waals surface area contributed by atoms with Gasteiger partial charge in [0.25, 0.3) is 0 Å². The number of aromatic nitrogens is 2. The van der Waals surface area contributed by atoms with Crippen LogP contribution in [0.1, 0.15) is 12.1 Å². The van der Waals surface area contributed by atoms with E-state index in [0.29, 0.717) is 25.3 Å². The summed E-state index contributed by atoms with van der Waals surface area (Å²) in [5.41, 5.74) is 2.45. The van der Waals surface area contributed by atoms with E-state index in [1.807, 2.05) is 24.3 Å². The van der Waals surface area contributed by atoms with Gasteiger partial charge in [0.2, 0.25) is 17.1 Å². The maximum Gasteiger partial charge on any atom is 0.231 e. The molecule has 9 heteroatoms. The van der Waals surface area contributed by atoms with Crippen LogP contribution in [0, 0.1) is 0 Å². The lowest BCUT2D eigenvalue weighted by atomic mass is 10.0. The van der Waals surface area contributed by atoms with Crippen molar-refractivity contribution in [3.63, 3.8) is 0 Å². The number of aliphatic hydroxyl groups is 1. The van der Waals surface area contributed by atoms with E-state index in [9.17, 15) is 4.21 Å². The largest absolute Gasteiger partial charge is 0.475 e. The van der Waals surface area contributed by atoms with Crippen LogP contribution in [0.5, 0.6) is 5.88 Å². The van der Waals surface area contributed by atoms with Crippen molar-refractivity contribution >= 4 is 27.2 Å². The predicted octanol–water partition coefficient (Wildman–Crippen LogP) is 1.94. The Kier molecular flexibility index (Phi) is 7.73. The molecule has 0 bridgehead atoms. The summed E-state index contributed by atoms with van der Waals surface area (Å²) in [7, 11) is 0. The van der Waals surface area contributed by atoms with Crippen molar-refractivity contribution in [2.24, 2.45) is 0 Å². The summed E-state index contributed by atoms with van der Waals surface area (Å²) >= 11 is 1.39. The first-order valence-corrected chi connectivity index (χ1v) is 9.19. The zero-order valence-electron chi connectivity index (χ0n) is 12.8. The van der Waals surface area contributed by atoms with Crippen LogP contribution in [0.25, 0.3) is 11.1 Å². The van der Waals surface area contributed by atoms with E-state index in [4.69, 9.17) is 14.4 Å². The van der Waals surface area contributed by atoms with Gasteiger partial charge in [0, 0.05) is 11.0 Å². The SMILES string of the molecule is O=S(O)NCCCc1ncnc(OCCO)c1-c1ccc(Br)cc1. The van der Waals surface area contributed by atoms with E-state index < -0.39 is 11.3 Å². The number of benzene rings is 1. The molecule has 2 aromatic rings. The molecule has 1 aromatic carbocycles. The second-order valence-electron chi connectivity index (χ2n) is 4.83. The van der Waals surface area contributed by atoms with Gasteiger partial charge in [-0.25, -0.2) is 18.9 Å². The van der Waals surface area contributed by atoms with Gasteiger partial charge in [-0.1, -0.05) is 28.1 Å². The highest BCUT2D eigenvalue weighted by Gasteiger charge is 2.15. The summed E-state index contributed by atoms with van der Waals surface area (Å²) in [5, 5.41) is 8.98. The van der Waals surface area contributed by atoms with E-state index in [0.717, 1.165) is 21.3 Å². The Balaban J connectivity index is 2.27. The summed E-state index contributed by atoms with van der Waals surface area (Å²) in [6.45, 7) is 0.427. The quantitative estimate of drug-likeness (QED) is 0.426. The summed E-state index contributed by atoms with van der Waals surface area (Å²) < 4.78 is 28.3. The third kappa shape index (κ3) is 5.60. The molecular formula is C15H18BrN3O4S. The molecule has 1 unspecified atom stereocenters. The van der Waals surface area contributed by atoms with Crippen molar-refractivity contribution in [3.05, 3.63) is 40.8 Å². The van der Waals surface area contributed by atoms with Crippen LogP contribution in [0.3, 0.4) is 0 Å². The number of hydrogen-bond acceptors (Lipinski definition) is 5. The summed E-state index contributed by atoms with van der Waals surface area (Å²) in [5.74, 6) is 0.412. The van der Waals surface area contributed by atoms with Crippen LogP contribution < -0.4 is 9.46 Å². The minimum absolute atomic E-state index is 0.106. The Bertz CT molecular complexity index is 685. The zero-order chi connectivity index (χ0) is 17.4. The van der Waals surface area contributed by atoms with Crippen LogP contribution >= 0.6 is 15.9 Å². The van der Waals surface area contributed by atoms with Crippen molar-refractivity contribution in [3.8, 4) is 17.0 Å². The Morgan fingerprint density at radius 3 is 2.67 bits per heavy atom. The van der Waals surface area contributed by atoms with Crippen LogP contribution in [0.4, 0.5) is 0 Å². The Labute approximate surface area is 151 Å². The molecule has 0 saturated heterocycles. The maximum absolute atomic E-state index is 10.6. The molecule has 1 atom stereocenters. The molecule has 1 heterocycles. The zero-order valence-corrected chi connectivity index (χ0v) is 15.2. The van der Waals surface area contributed by atoms with E-state index in [2.05, 4.69) is 30.6 Å². The van der Waals surface area contributed by atoms with E-state index in [-0.39, 0.29) is 13.2 Å². The van der Waals surface area contributed by atoms with Crippen LogP contribution in [0.2, 0.25) is 0 Å². The first kappa shape index (κ1) is 18.9. The van der Waals surface area contributed by atoms with Gasteiger partial charge >= 0.3 is 0 Å². The molecule has 0 saturated carbocycles. The third-order valence-electron chi connectivity index (χ3n) is 3.17. The average Bonchev–Trinajstić information content (AvgIpc) is 2.57. The van der Waals surface area contributed by atoms with E-state index >= 15 is 0 Å². The minimum Gasteiger partial charge on any atom is -0.475 e. The van der Waals surface area contributed by atoms with Crippen LogP contribution in [-0.2, 0) is 17.7 Å². The normalized spacial score (nSPS) is 12.1. The molecule has 1 aromatic heterocycles. The Morgan fingerprint density at radius 2 is 2.00 bits per heavy atom. The van der Waals surface area contributed by atoms with Gasteiger partial charge in [0.05, 0.1) is 17.9 Å². The number of rotatable bonds is 9. The van der Waals surface area contributed by atoms with Gasteiger partial charge in [-0.3, -0.25) is 4.55 Å². The smallest absolute Gasteiger partial charge is 0.231 e. The van der Waals surface area contributed by atoms with Gasteiger partial charge in [-0.05, 0) is 30.5 Å². The number of nitrogens with zero attached hydrogens (tertiary/aromatic N) is 2. The second kappa shape index (κ2) is 9.80. The lowest BCUT2D eigenvalue weighted by molar-refractivity contribution is 0.197. The highest BCUT2D eigenvalue weighted by Crippen LogP contribution is 2.32. The molecule has 0 aliphatic rings. The maximum atomic E-state index is 10.6. The van der Waals surface area contributed by atoms with Gasteiger partial charge in [0.1, 0.15) is 12.9 Å². The number of nitrogens with one attached hydrogen (secondary N) is 1. The molecule has 0 amide bonds. The standard InChI is InChI=1S/C15H18BrN3O4S/c16-12-5-3-11(4-6-12)14-13(2-1-7-19-24(21)22)17-10-18-15(14)23-9-8-20/h3-6,10,19-20H,1-2,7-9H2,(H,21,22). The molecule has 0 spiro atoms. The fraction of sp³-hybridized carbons (Fsp3) is 0.333. The third-order valence-corrected chi connectivity index (χ3v) is 4.15. The Morgan fingerprint density at radius 1 is 1.25 bits per heavy atom. The van der Waals surface area contributed by atoms with E-state index in [1.54, 1.807) is 0 Å². The van der Waals surface area contributed by atoms with Gasteiger partial charge < -0.3 is 9.84 Å². The predicted molar refractivity (Wildman–Crippen MR) is 94.8 cm³/mol. The van der Waals surface area contributed by atoms with Crippen molar-refractivity contribution in [1.29, 1.82) is 0 Å². The van der Waals surface area contributed by atoms with Gasteiger partial charge in [-0.15, -0.1) is 0 Å². The lowest BCUT2D eigenvalue weighted by Crippen LogP contribution is -2.18. The number of halogens is 1. The Hall–Kier alpha value is -1.39. The topological polar surface area (TPSA) is 105 Å². The lowest BCUT2D eigenvalue weighted by Gasteiger charge is -2.14. The second-order valence-corrected chi connectivity index (χ2v) is 6.53. The highest BCUT2D eigenvalue weighted by molar-refractivity contribution is 9.10. The molecule has 7 nitrogen and oxygen atoms in total. The summed E-state index contributed by atoms with van der Waals surface area (Å²) in [6.07, 6.45) is 2.64. The molecule has 24 heavy (non-hydrogen) atoms. The van der Waals surface area contributed by atoms with Crippen molar-refractivity contribution in [2.75, 3.05) is 19.8 Å². The van der Waals surface area contributed by atoms with Gasteiger partial charge in [0.15, 0.2) is 0 Å². The molecule has 0 aliphatic heterocycles. The molecule has 0 aliphatic carbocycles. The van der Waals surface area contributed by atoms with E-state index in [1.165, 1.54) is 6.33 Å². The summed E-state index contributed by atoms with van der Waals surface area (Å²) in [6, 6.07) is 7.69. The molecule has 0 radical (unpaired) electrons. The monoisotopic (exact) mass is 415 g/mol. The van der Waals surface area contributed by atoms with Crippen molar-refractivity contribution < 1.29 is 18.6 Å².